The maximum absolute atomic E-state index is 13.2. The molecule has 0 aliphatic rings. The number of carbonyl (C=O) groups is 1. The predicted octanol–water partition coefficient (Wildman–Crippen LogP) is 2.70. The summed E-state index contributed by atoms with van der Waals surface area (Å²) in [6.07, 6.45) is 0. The van der Waals surface area contributed by atoms with E-state index in [1.807, 2.05) is 0 Å². The van der Waals surface area contributed by atoms with Crippen LogP contribution in [0.5, 0.6) is 5.75 Å². The molecule has 152 valence electrons. The van der Waals surface area contributed by atoms with Gasteiger partial charge in [0, 0.05) is 13.2 Å². The number of nitrogens with one attached hydrogen (secondary N) is 1. The summed E-state index contributed by atoms with van der Waals surface area (Å²) in [5.41, 5.74) is 0.254. The average molecular weight is 427 g/mol. The van der Waals surface area contributed by atoms with E-state index in [1.165, 1.54) is 38.5 Å². The van der Waals surface area contributed by atoms with E-state index in [0.29, 0.717) is 12.4 Å². The molecule has 0 unspecified atom stereocenters. The number of rotatable bonds is 9. The molecule has 0 heterocycles. The number of methoxy groups -OCH3 is 2. The van der Waals surface area contributed by atoms with E-state index >= 15 is 0 Å². The molecule has 0 aromatic heterocycles. The number of halogens is 1. The second kappa shape index (κ2) is 9.77. The summed E-state index contributed by atoms with van der Waals surface area (Å²) in [5, 5.41) is 2.95. The van der Waals surface area contributed by atoms with Gasteiger partial charge in [-0.05, 0) is 37.3 Å². The highest BCUT2D eigenvalue weighted by molar-refractivity contribution is 7.92. The Morgan fingerprint density at radius 1 is 1.18 bits per heavy atom. The van der Waals surface area contributed by atoms with Crippen LogP contribution in [0.2, 0.25) is 5.02 Å². The van der Waals surface area contributed by atoms with Gasteiger partial charge in [-0.25, -0.2) is 8.42 Å². The highest BCUT2D eigenvalue weighted by Crippen LogP contribution is 2.31. The number of benzene rings is 2. The van der Waals surface area contributed by atoms with Crippen LogP contribution in [-0.4, -0.2) is 47.7 Å². The molecule has 1 atom stereocenters. The third-order valence-corrected chi connectivity index (χ3v) is 5.95. The zero-order valence-electron chi connectivity index (χ0n) is 15.9. The number of carbonyl (C=O) groups excluding carboxylic acids is 1. The van der Waals surface area contributed by atoms with Crippen molar-refractivity contribution in [3.63, 3.8) is 0 Å². The van der Waals surface area contributed by atoms with E-state index < -0.39 is 22.5 Å². The highest BCUT2D eigenvalue weighted by Gasteiger charge is 2.28. The molecule has 2 aromatic carbocycles. The summed E-state index contributed by atoms with van der Waals surface area (Å²) >= 11 is 6.17. The monoisotopic (exact) mass is 426 g/mol. The molecule has 0 bridgehead atoms. The summed E-state index contributed by atoms with van der Waals surface area (Å²) in [5.74, 6) is -0.0587. The van der Waals surface area contributed by atoms with Crippen LogP contribution >= 0.6 is 11.6 Å². The smallest absolute Gasteiger partial charge is 0.264 e. The molecule has 0 aliphatic carbocycles. The molecule has 7 nitrogen and oxygen atoms in total. The van der Waals surface area contributed by atoms with Gasteiger partial charge in [-0.1, -0.05) is 29.8 Å². The molecular formula is C19H23ClN2O5S. The predicted molar refractivity (Wildman–Crippen MR) is 108 cm³/mol. The maximum atomic E-state index is 13.2. The van der Waals surface area contributed by atoms with Gasteiger partial charge in [0.1, 0.15) is 12.3 Å². The fourth-order valence-corrected chi connectivity index (χ4v) is 4.27. The Morgan fingerprint density at radius 2 is 1.86 bits per heavy atom. The molecule has 2 rings (SSSR count). The van der Waals surface area contributed by atoms with Crippen LogP contribution in [0.25, 0.3) is 0 Å². The van der Waals surface area contributed by atoms with Crippen molar-refractivity contribution in [2.75, 3.05) is 31.7 Å². The third kappa shape index (κ3) is 5.37. The van der Waals surface area contributed by atoms with Gasteiger partial charge in [0.25, 0.3) is 10.0 Å². The zero-order valence-corrected chi connectivity index (χ0v) is 17.5. The Bertz CT molecular complexity index is 906. The number of anilines is 1. The first-order chi connectivity index (χ1) is 13.3. The Kier molecular flexibility index (Phi) is 7.68. The van der Waals surface area contributed by atoms with Gasteiger partial charge in [-0.3, -0.25) is 9.10 Å². The van der Waals surface area contributed by atoms with E-state index in [-0.39, 0.29) is 21.6 Å². The number of sulfonamides is 1. The van der Waals surface area contributed by atoms with Crippen LogP contribution in [0.3, 0.4) is 0 Å². The van der Waals surface area contributed by atoms with Crippen molar-refractivity contribution in [2.24, 2.45) is 0 Å². The quantitative estimate of drug-likeness (QED) is 0.666. The summed E-state index contributed by atoms with van der Waals surface area (Å²) < 4.78 is 37.5. The van der Waals surface area contributed by atoms with Gasteiger partial charge in [0.2, 0.25) is 5.91 Å². The molecule has 0 aliphatic heterocycles. The van der Waals surface area contributed by atoms with E-state index in [9.17, 15) is 13.2 Å². The Balaban J connectivity index is 2.41. The Labute approximate surface area is 170 Å². The average Bonchev–Trinajstić information content (AvgIpc) is 2.66. The molecule has 1 amide bonds. The van der Waals surface area contributed by atoms with Crippen molar-refractivity contribution in [3.05, 3.63) is 53.6 Å². The standard InChI is InChI=1S/C19H23ClN2O5S/c1-14(13-26-2)21-19(23)12-22(15-9-10-18(27-3)17(20)11-15)28(24,25)16-7-5-4-6-8-16/h4-11,14H,12-13H2,1-3H3,(H,21,23)/t14-/m1/s1. The molecule has 0 radical (unpaired) electrons. The molecule has 0 fully saturated rings. The fourth-order valence-electron chi connectivity index (χ4n) is 2.59. The van der Waals surface area contributed by atoms with Crippen molar-refractivity contribution in [3.8, 4) is 5.75 Å². The van der Waals surface area contributed by atoms with Crippen molar-refractivity contribution in [1.29, 1.82) is 0 Å². The second-order valence-corrected chi connectivity index (χ2v) is 8.34. The van der Waals surface area contributed by atoms with Crippen LogP contribution in [-0.2, 0) is 19.6 Å². The molecular weight excluding hydrogens is 404 g/mol. The lowest BCUT2D eigenvalue weighted by atomic mass is 10.3. The van der Waals surface area contributed by atoms with Crippen LogP contribution < -0.4 is 14.4 Å². The Morgan fingerprint density at radius 3 is 2.43 bits per heavy atom. The lowest BCUT2D eigenvalue weighted by Gasteiger charge is -2.25. The largest absolute Gasteiger partial charge is 0.495 e. The molecule has 28 heavy (non-hydrogen) atoms. The Hall–Kier alpha value is -2.29. The number of hydrogen-bond acceptors (Lipinski definition) is 5. The van der Waals surface area contributed by atoms with Crippen LogP contribution in [0.4, 0.5) is 5.69 Å². The minimum Gasteiger partial charge on any atom is -0.495 e. The second-order valence-electron chi connectivity index (χ2n) is 6.07. The number of nitrogens with zero attached hydrogens (tertiary/aromatic N) is 1. The van der Waals surface area contributed by atoms with E-state index in [4.69, 9.17) is 21.1 Å². The molecule has 0 spiro atoms. The topological polar surface area (TPSA) is 84.9 Å². The summed E-state index contributed by atoms with van der Waals surface area (Å²) in [4.78, 5) is 12.5. The van der Waals surface area contributed by atoms with Gasteiger partial charge >= 0.3 is 0 Å². The number of ether oxygens (including phenoxy) is 2. The lowest BCUT2D eigenvalue weighted by Crippen LogP contribution is -2.44. The third-order valence-electron chi connectivity index (χ3n) is 3.87. The van der Waals surface area contributed by atoms with Crippen molar-refractivity contribution in [2.45, 2.75) is 17.9 Å². The van der Waals surface area contributed by atoms with Crippen molar-refractivity contribution >= 4 is 33.2 Å². The first-order valence-electron chi connectivity index (χ1n) is 8.49. The van der Waals surface area contributed by atoms with Crippen molar-refractivity contribution < 1.29 is 22.7 Å². The summed E-state index contributed by atoms with van der Waals surface area (Å²) in [6, 6.07) is 12.2. The minimum atomic E-state index is -3.99. The van der Waals surface area contributed by atoms with E-state index in [2.05, 4.69) is 5.32 Å². The minimum absolute atomic E-state index is 0.0691. The molecule has 0 saturated carbocycles. The number of hydrogen-bond donors (Lipinski definition) is 1. The first kappa shape index (κ1) is 22.0. The fraction of sp³-hybridized carbons (Fsp3) is 0.316. The van der Waals surface area contributed by atoms with Gasteiger partial charge < -0.3 is 14.8 Å². The molecule has 0 saturated heterocycles. The number of amides is 1. The van der Waals surface area contributed by atoms with Crippen LogP contribution in [0.15, 0.2) is 53.4 Å². The van der Waals surface area contributed by atoms with Gasteiger partial charge in [0.15, 0.2) is 0 Å². The van der Waals surface area contributed by atoms with Crippen molar-refractivity contribution in [1.82, 2.24) is 5.32 Å². The molecule has 1 N–H and O–H groups in total. The SMILES string of the molecule is COC[C@@H](C)NC(=O)CN(c1ccc(OC)c(Cl)c1)S(=O)(=O)c1ccccc1. The van der Waals surface area contributed by atoms with Gasteiger partial charge in [0.05, 0.1) is 29.3 Å². The zero-order chi connectivity index (χ0) is 20.7. The first-order valence-corrected chi connectivity index (χ1v) is 10.3. The van der Waals surface area contributed by atoms with Crippen LogP contribution in [0.1, 0.15) is 6.92 Å². The highest BCUT2D eigenvalue weighted by atomic mass is 35.5. The molecule has 2 aromatic rings. The van der Waals surface area contributed by atoms with E-state index in [1.54, 1.807) is 31.2 Å². The van der Waals surface area contributed by atoms with Gasteiger partial charge in [-0.15, -0.1) is 0 Å². The van der Waals surface area contributed by atoms with Gasteiger partial charge in [-0.2, -0.15) is 0 Å². The normalized spacial score (nSPS) is 12.3. The molecule has 9 heteroatoms. The lowest BCUT2D eigenvalue weighted by molar-refractivity contribution is -0.120. The van der Waals surface area contributed by atoms with E-state index in [0.717, 1.165) is 4.31 Å². The van der Waals surface area contributed by atoms with Crippen LogP contribution in [0, 0.1) is 0 Å². The summed E-state index contributed by atoms with van der Waals surface area (Å²) in [6.45, 7) is 1.67. The maximum Gasteiger partial charge on any atom is 0.264 e. The summed E-state index contributed by atoms with van der Waals surface area (Å²) in [7, 11) is -1.01.